The highest BCUT2D eigenvalue weighted by Crippen LogP contribution is 2.46. The third kappa shape index (κ3) is 3.05. The van der Waals surface area contributed by atoms with Crippen molar-refractivity contribution in [1.29, 1.82) is 0 Å². The molecule has 4 nitrogen and oxygen atoms in total. The highest BCUT2D eigenvalue weighted by Gasteiger charge is 2.39. The number of methoxy groups -OCH3 is 1. The summed E-state index contributed by atoms with van der Waals surface area (Å²) < 4.78 is 18.2. The molecule has 0 heterocycles. The van der Waals surface area contributed by atoms with Crippen molar-refractivity contribution < 1.29 is 18.7 Å². The molecule has 0 saturated heterocycles. The normalized spacial score (nSPS) is 13.4. The lowest BCUT2D eigenvalue weighted by molar-refractivity contribution is -0.143. The molecule has 0 bridgehead atoms. The quantitative estimate of drug-likeness (QED) is 0.704. The molecule has 5 heteroatoms. The van der Waals surface area contributed by atoms with Gasteiger partial charge in [-0.2, -0.15) is 0 Å². The molecule has 1 aliphatic rings. The Morgan fingerprint density at radius 3 is 1.96 bits per heavy atom. The zero-order chi connectivity index (χ0) is 19.7. The minimum absolute atomic E-state index is 0.273. The first-order chi connectivity index (χ1) is 13.6. The number of carbonyl (C=O) groups excluding carboxylic acids is 2. The van der Waals surface area contributed by atoms with Crippen molar-refractivity contribution in [2.75, 3.05) is 7.11 Å². The van der Waals surface area contributed by atoms with Crippen LogP contribution in [-0.2, 0) is 9.53 Å². The van der Waals surface area contributed by atoms with Crippen molar-refractivity contribution in [3.8, 4) is 11.1 Å². The predicted octanol–water partition coefficient (Wildman–Crippen LogP) is 3.91. The summed E-state index contributed by atoms with van der Waals surface area (Å²) in [5, 5.41) is 2.79. The third-order valence-electron chi connectivity index (χ3n) is 5.06. The molecule has 1 atom stereocenters. The maximum Gasteiger partial charge on any atom is 0.329 e. The van der Waals surface area contributed by atoms with Gasteiger partial charge in [0.1, 0.15) is 11.9 Å². The lowest BCUT2D eigenvalue weighted by Gasteiger charge is -2.24. The van der Waals surface area contributed by atoms with Crippen LogP contribution in [0.15, 0.2) is 72.8 Å². The fourth-order valence-electron chi connectivity index (χ4n) is 3.78. The first-order valence-corrected chi connectivity index (χ1v) is 8.92. The molecule has 0 radical (unpaired) electrons. The summed E-state index contributed by atoms with van der Waals surface area (Å²) in [4.78, 5) is 25.4. The van der Waals surface area contributed by atoms with E-state index in [4.69, 9.17) is 4.74 Å². The third-order valence-corrected chi connectivity index (χ3v) is 5.06. The molecule has 28 heavy (non-hydrogen) atoms. The summed E-state index contributed by atoms with van der Waals surface area (Å²) in [5.41, 5.74) is 4.26. The number of nitrogens with one attached hydrogen (secondary N) is 1. The summed E-state index contributed by atoms with van der Waals surface area (Å²) in [6, 6.07) is 19.9. The van der Waals surface area contributed by atoms with Gasteiger partial charge in [-0.3, -0.25) is 4.79 Å². The minimum Gasteiger partial charge on any atom is -0.467 e. The average Bonchev–Trinajstić information content (AvgIpc) is 3.06. The maximum atomic E-state index is 13.2. The molecule has 0 aromatic heterocycles. The number of carbonyl (C=O) groups is 2. The van der Waals surface area contributed by atoms with Crippen molar-refractivity contribution >= 4 is 11.9 Å². The zero-order valence-electron chi connectivity index (χ0n) is 15.2. The van der Waals surface area contributed by atoms with E-state index in [-0.39, 0.29) is 11.5 Å². The summed E-state index contributed by atoms with van der Waals surface area (Å²) in [5.74, 6) is -1.80. The second-order valence-corrected chi connectivity index (χ2v) is 6.63. The minimum atomic E-state index is -0.910. The van der Waals surface area contributed by atoms with Crippen LogP contribution in [-0.4, -0.2) is 25.0 Å². The molecule has 0 unspecified atom stereocenters. The predicted molar refractivity (Wildman–Crippen MR) is 103 cm³/mol. The van der Waals surface area contributed by atoms with E-state index in [9.17, 15) is 14.0 Å². The van der Waals surface area contributed by atoms with Gasteiger partial charge in [0.25, 0.3) is 5.91 Å². The van der Waals surface area contributed by atoms with Crippen molar-refractivity contribution in [2.24, 2.45) is 0 Å². The Bertz CT molecular complexity index is 1000. The van der Waals surface area contributed by atoms with Crippen LogP contribution in [0, 0.1) is 5.82 Å². The number of benzene rings is 3. The van der Waals surface area contributed by atoms with Crippen LogP contribution in [0.3, 0.4) is 0 Å². The average molecular weight is 375 g/mol. The molecule has 140 valence electrons. The van der Waals surface area contributed by atoms with E-state index in [1.165, 1.54) is 31.4 Å². The Kier molecular flexibility index (Phi) is 4.65. The standard InChI is InChI=1S/C23H18FNO3/c1-28-23(27)21(25-22(26)14-10-12-15(24)13-11-14)20-18-8-4-2-6-16(18)17-7-3-5-9-19(17)20/h2-13,20-21H,1H3,(H,25,26)/t21-/m1/s1. The largest absolute Gasteiger partial charge is 0.467 e. The van der Waals surface area contributed by atoms with Gasteiger partial charge >= 0.3 is 5.97 Å². The highest BCUT2D eigenvalue weighted by molar-refractivity contribution is 5.97. The van der Waals surface area contributed by atoms with Gasteiger partial charge in [-0.05, 0) is 46.5 Å². The van der Waals surface area contributed by atoms with Crippen LogP contribution >= 0.6 is 0 Å². The van der Waals surface area contributed by atoms with Crippen molar-refractivity contribution in [2.45, 2.75) is 12.0 Å². The smallest absolute Gasteiger partial charge is 0.329 e. The van der Waals surface area contributed by atoms with E-state index in [0.717, 1.165) is 22.3 Å². The van der Waals surface area contributed by atoms with Gasteiger partial charge in [0.05, 0.1) is 7.11 Å². The van der Waals surface area contributed by atoms with E-state index in [0.29, 0.717) is 0 Å². The zero-order valence-corrected chi connectivity index (χ0v) is 15.2. The fraction of sp³-hybridized carbons (Fsp3) is 0.130. The van der Waals surface area contributed by atoms with Crippen LogP contribution in [0.4, 0.5) is 4.39 Å². The van der Waals surface area contributed by atoms with E-state index >= 15 is 0 Å². The van der Waals surface area contributed by atoms with Crippen LogP contribution in [0.5, 0.6) is 0 Å². The number of rotatable bonds is 4. The number of amides is 1. The number of ether oxygens (including phenoxy) is 1. The van der Waals surface area contributed by atoms with Crippen LogP contribution in [0.2, 0.25) is 0 Å². The summed E-state index contributed by atoms with van der Waals surface area (Å²) in [7, 11) is 1.30. The summed E-state index contributed by atoms with van der Waals surface area (Å²) in [6.07, 6.45) is 0. The number of hydrogen-bond donors (Lipinski definition) is 1. The Morgan fingerprint density at radius 1 is 0.893 bits per heavy atom. The van der Waals surface area contributed by atoms with E-state index in [1.807, 2.05) is 48.5 Å². The molecular weight excluding hydrogens is 357 g/mol. The first-order valence-electron chi connectivity index (χ1n) is 8.92. The molecular formula is C23H18FNO3. The lowest BCUT2D eigenvalue weighted by Crippen LogP contribution is -2.45. The molecule has 1 N–H and O–H groups in total. The van der Waals surface area contributed by atoms with Gasteiger partial charge in [-0.25, -0.2) is 9.18 Å². The van der Waals surface area contributed by atoms with E-state index in [2.05, 4.69) is 5.32 Å². The van der Waals surface area contributed by atoms with Gasteiger partial charge in [0, 0.05) is 11.5 Å². The Balaban J connectivity index is 1.75. The first kappa shape index (κ1) is 17.9. The molecule has 3 aromatic carbocycles. The Labute approximate surface area is 162 Å². The molecule has 0 spiro atoms. The number of esters is 1. The monoisotopic (exact) mass is 375 g/mol. The van der Waals surface area contributed by atoms with Crippen LogP contribution in [0.1, 0.15) is 27.4 Å². The molecule has 0 aliphatic heterocycles. The fourth-order valence-corrected chi connectivity index (χ4v) is 3.78. The summed E-state index contributed by atoms with van der Waals surface area (Å²) >= 11 is 0. The molecule has 4 rings (SSSR count). The number of halogens is 1. The van der Waals surface area contributed by atoms with Gasteiger partial charge < -0.3 is 10.1 Å². The molecule has 1 amide bonds. The van der Waals surface area contributed by atoms with E-state index in [1.54, 1.807) is 0 Å². The van der Waals surface area contributed by atoms with Crippen molar-refractivity contribution in [3.63, 3.8) is 0 Å². The maximum absolute atomic E-state index is 13.2. The highest BCUT2D eigenvalue weighted by atomic mass is 19.1. The van der Waals surface area contributed by atoms with Crippen LogP contribution < -0.4 is 5.32 Å². The van der Waals surface area contributed by atoms with Gasteiger partial charge in [0.2, 0.25) is 0 Å². The second kappa shape index (κ2) is 7.27. The molecule has 1 aliphatic carbocycles. The van der Waals surface area contributed by atoms with Crippen molar-refractivity contribution in [1.82, 2.24) is 5.32 Å². The molecule has 0 fully saturated rings. The lowest BCUT2D eigenvalue weighted by atomic mass is 9.89. The Hall–Kier alpha value is -3.47. The van der Waals surface area contributed by atoms with Crippen molar-refractivity contribution in [3.05, 3.63) is 95.3 Å². The molecule has 0 saturated carbocycles. The summed E-state index contributed by atoms with van der Waals surface area (Å²) in [6.45, 7) is 0. The van der Waals surface area contributed by atoms with Crippen LogP contribution in [0.25, 0.3) is 11.1 Å². The molecule has 3 aromatic rings. The topological polar surface area (TPSA) is 55.4 Å². The van der Waals surface area contributed by atoms with Gasteiger partial charge in [0.15, 0.2) is 0 Å². The Morgan fingerprint density at radius 2 is 1.43 bits per heavy atom. The number of fused-ring (bicyclic) bond motifs is 3. The van der Waals surface area contributed by atoms with Gasteiger partial charge in [-0.15, -0.1) is 0 Å². The second-order valence-electron chi connectivity index (χ2n) is 6.63. The number of hydrogen-bond acceptors (Lipinski definition) is 3. The van der Waals surface area contributed by atoms with Gasteiger partial charge in [-0.1, -0.05) is 48.5 Å². The van der Waals surface area contributed by atoms with E-state index < -0.39 is 23.7 Å². The SMILES string of the molecule is COC(=O)[C@H](NC(=O)c1ccc(F)cc1)C1c2ccccc2-c2ccccc21.